The summed E-state index contributed by atoms with van der Waals surface area (Å²) in [5.74, 6) is 2.32. The molecule has 0 bridgehead atoms. The summed E-state index contributed by atoms with van der Waals surface area (Å²) in [6.07, 6.45) is 1.44. The normalized spacial score (nSPS) is 14.2. The zero-order valence-corrected chi connectivity index (χ0v) is 23.2. The molecule has 206 valence electrons. The molecule has 3 aromatic carbocycles. The van der Waals surface area contributed by atoms with E-state index in [9.17, 15) is 4.79 Å². The first-order valence-electron chi connectivity index (χ1n) is 12.4. The summed E-state index contributed by atoms with van der Waals surface area (Å²) in [6.45, 7) is 2.16. The molecular weight excluding hydrogens is 534 g/mol. The highest BCUT2D eigenvalue weighted by atomic mass is 35.5. The van der Waals surface area contributed by atoms with Crippen molar-refractivity contribution >= 4 is 29.1 Å². The molecule has 0 spiro atoms. The minimum atomic E-state index is -0.602. The van der Waals surface area contributed by atoms with E-state index in [0.29, 0.717) is 57.5 Å². The predicted octanol–water partition coefficient (Wildman–Crippen LogP) is 5.46. The summed E-state index contributed by atoms with van der Waals surface area (Å²) in [4.78, 5) is 18.1. The summed E-state index contributed by atoms with van der Waals surface area (Å²) in [5, 5.41) is 11.2. The summed E-state index contributed by atoms with van der Waals surface area (Å²) >= 11 is 5.99. The van der Waals surface area contributed by atoms with Crippen molar-refractivity contribution in [1.29, 1.82) is 0 Å². The third kappa shape index (κ3) is 5.39. The van der Waals surface area contributed by atoms with Gasteiger partial charge in [-0.3, -0.25) is 4.79 Å². The van der Waals surface area contributed by atoms with Crippen molar-refractivity contribution in [1.82, 2.24) is 14.8 Å². The second-order valence-corrected chi connectivity index (χ2v) is 9.38. The van der Waals surface area contributed by atoms with Crippen LogP contribution in [0.15, 0.2) is 78.3 Å². The van der Waals surface area contributed by atoms with E-state index in [1.165, 1.54) is 13.4 Å². The minimum absolute atomic E-state index is 0.336. The van der Waals surface area contributed by atoms with Gasteiger partial charge in [0.15, 0.2) is 11.5 Å². The molecular formula is C29H28ClN5O5. The highest BCUT2D eigenvalue weighted by Gasteiger charge is 2.34. The Labute approximate surface area is 236 Å². The highest BCUT2D eigenvalue weighted by Crippen LogP contribution is 2.39. The number of hydrogen-bond donors (Lipinski definition) is 2. The van der Waals surface area contributed by atoms with Crippen molar-refractivity contribution in [2.24, 2.45) is 0 Å². The van der Waals surface area contributed by atoms with E-state index in [0.717, 1.165) is 11.1 Å². The summed E-state index contributed by atoms with van der Waals surface area (Å²) in [5.41, 5.74) is 3.27. The number of carbonyl (C=O) groups is 1. The molecule has 0 saturated heterocycles. The van der Waals surface area contributed by atoms with Crippen molar-refractivity contribution in [2.45, 2.75) is 19.6 Å². The minimum Gasteiger partial charge on any atom is -0.497 e. The fraction of sp³-hybridized carbons (Fsp3) is 0.207. The third-order valence-electron chi connectivity index (χ3n) is 6.50. The lowest BCUT2D eigenvalue weighted by Crippen LogP contribution is -2.31. The van der Waals surface area contributed by atoms with Crippen molar-refractivity contribution < 1.29 is 23.7 Å². The second kappa shape index (κ2) is 11.6. The summed E-state index contributed by atoms with van der Waals surface area (Å²) in [7, 11) is 4.67. The lowest BCUT2D eigenvalue weighted by molar-refractivity contribution is -0.113. The molecule has 5 rings (SSSR count). The number of benzene rings is 3. The lowest BCUT2D eigenvalue weighted by atomic mass is 9.94. The van der Waals surface area contributed by atoms with Crippen molar-refractivity contribution in [3.63, 3.8) is 0 Å². The Hall–Kier alpha value is -4.70. The first-order valence-corrected chi connectivity index (χ1v) is 12.8. The number of methoxy groups -OCH3 is 3. The van der Waals surface area contributed by atoms with E-state index in [2.05, 4.69) is 20.7 Å². The van der Waals surface area contributed by atoms with Crippen LogP contribution in [0.5, 0.6) is 23.0 Å². The smallest absolute Gasteiger partial charge is 0.255 e. The largest absolute Gasteiger partial charge is 0.497 e. The van der Waals surface area contributed by atoms with Gasteiger partial charge < -0.3 is 29.6 Å². The summed E-state index contributed by atoms with van der Waals surface area (Å²) < 4.78 is 24.2. The van der Waals surface area contributed by atoms with Crippen LogP contribution in [0.4, 0.5) is 11.6 Å². The molecule has 1 atom stereocenters. The van der Waals surface area contributed by atoms with Gasteiger partial charge in [-0.15, -0.1) is 0 Å². The molecule has 2 N–H and O–H groups in total. The molecule has 4 aromatic rings. The van der Waals surface area contributed by atoms with Gasteiger partial charge in [-0.25, -0.2) is 4.68 Å². The number of carbonyl (C=O) groups excluding carboxylic acids is 1. The van der Waals surface area contributed by atoms with Crippen molar-refractivity contribution in [3.8, 4) is 23.0 Å². The van der Waals surface area contributed by atoms with Crippen LogP contribution >= 0.6 is 11.6 Å². The Morgan fingerprint density at radius 1 is 0.975 bits per heavy atom. The first-order chi connectivity index (χ1) is 19.4. The van der Waals surface area contributed by atoms with Gasteiger partial charge in [-0.05, 0) is 54.4 Å². The number of aromatic nitrogens is 3. The van der Waals surface area contributed by atoms with Gasteiger partial charge in [0.1, 0.15) is 30.5 Å². The van der Waals surface area contributed by atoms with Crippen LogP contribution in [0.2, 0.25) is 5.02 Å². The van der Waals surface area contributed by atoms with Gasteiger partial charge in [0.05, 0.1) is 32.6 Å². The van der Waals surface area contributed by atoms with Gasteiger partial charge in [0.2, 0.25) is 5.95 Å². The van der Waals surface area contributed by atoms with Gasteiger partial charge >= 0.3 is 0 Å². The molecule has 2 heterocycles. The molecule has 0 aliphatic carbocycles. The fourth-order valence-electron chi connectivity index (χ4n) is 4.51. The Kier molecular flexibility index (Phi) is 7.79. The average Bonchev–Trinajstić information content (AvgIpc) is 3.44. The number of amides is 1. The van der Waals surface area contributed by atoms with Crippen LogP contribution in [0.25, 0.3) is 0 Å². The number of anilines is 2. The molecule has 1 aliphatic rings. The summed E-state index contributed by atoms with van der Waals surface area (Å²) in [6, 6.07) is 17.6. The molecule has 1 aliphatic heterocycles. The Bertz CT molecular complexity index is 1570. The fourth-order valence-corrected chi connectivity index (χ4v) is 4.64. The maximum atomic E-state index is 13.8. The van der Waals surface area contributed by atoms with E-state index >= 15 is 0 Å². The van der Waals surface area contributed by atoms with E-state index < -0.39 is 6.04 Å². The molecule has 0 radical (unpaired) electrons. The number of rotatable bonds is 9. The zero-order valence-electron chi connectivity index (χ0n) is 22.4. The number of hydrogen-bond acceptors (Lipinski definition) is 8. The molecule has 0 saturated carbocycles. The first kappa shape index (κ1) is 26.9. The maximum absolute atomic E-state index is 13.8. The van der Waals surface area contributed by atoms with E-state index in [1.54, 1.807) is 37.1 Å². The van der Waals surface area contributed by atoms with Crippen LogP contribution in [0.1, 0.15) is 24.1 Å². The van der Waals surface area contributed by atoms with Gasteiger partial charge in [0, 0.05) is 16.8 Å². The average molecular weight is 562 g/mol. The van der Waals surface area contributed by atoms with Crippen LogP contribution in [-0.2, 0) is 11.4 Å². The monoisotopic (exact) mass is 561 g/mol. The molecule has 1 amide bonds. The molecule has 1 aromatic heterocycles. The number of nitrogens with zero attached hydrogens (tertiary/aromatic N) is 3. The molecule has 11 heteroatoms. The van der Waals surface area contributed by atoms with Crippen molar-refractivity contribution in [3.05, 3.63) is 94.4 Å². The van der Waals surface area contributed by atoms with Gasteiger partial charge in [-0.2, -0.15) is 10.1 Å². The number of halogens is 1. The maximum Gasteiger partial charge on any atom is 0.255 e. The second-order valence-electron chi connectivity index (χ2n) is 8.94. The molecule has 40 heavy (non-hydrogen) atoms. The van der Waals surface area contributed by atoms with E-state index in [4.69, 9.17) is 30.5 Å². The number of nitrogens with one attached hydrogen (secondary N) is 2. The number of allylic oxidation sites excluding steroid dienone is 1. The topological polar surface area (TPSA) is 109 Å². The van der Waals surface area contributed by atoms with Crippen LogP contribution in [-0.4, -0.2) is 42.0 Å². The van der Waals surface area contributed by atoms with Gasteiger partial charge in [0.25, 0.3) is 5.91 Å². The SMILES string of the molecule is COc1ccc(OC)c(NC(=O)C2=C(C)Nc3ncnn3[C@@H]2c2ccc(OCc3ccc(Cl)cc3)c(OC)c2)c1. The standard InChI is InChI=1S/C29H28ClN5O5/c1-17-26(28(36)34-22-14-21(37-2)10-12-23(22)38-3)27(35-29(33-17)31-16-32-35)19-7-11-24(25(13-19)39-4)40-15-18-5-8-20(30)9-6-18/h5-14,16,27H,15H2,1-4H3,(H,34,36)(H,31,32,33)/t27-/m1/s1. The highest BCUT2D eigenvalue weighted by molar-refractivity contribution is 6.30. The predicted molar refractivity (Wildman–Crippen MR) is 151 cm³/mol. The number of ether oxygens (including phenoxy) is 4. The van der Waals surface area contributed by atoms with Crippen LogP contribution in [0, 0.1) is 0 Å². The Morgan fingerprint density at radius 2 is 1.73 bits per heavy atom. The zero-order chi connectivity index (χ0) is 28.2. The molecule has 0 fully saturated rings. The lowest BCUT2D eigenvalue weighted by Gasteiger charge is -2.29. The van der Waals surface area contributed by atoms with Gasteiger partial charge in [-0.1, -0.05) is 29.8 Å². The quantitative estimate of drug-likeness (QED) is 0.277. The molecule has 0 unspecified atom stereocenters. The van der Waals surface area contributed by atoms with Crippen LogP contribution in [0.3, 0.4) is 0 Å². The number of fused-ring (bicyclic) bond motifs is 1. The van der Waals surface area contributed by atoms with Crippen LogP contribution < -0.4 is 29.6 Å². The Morgan fingerprint density at radius 3 is 2.45 bits per heavy atom. The Balaban J connectivity index is 1.48. The van der Waals surface area contributed by atoms with Crippen molar-refractivity contribution in [2.75, 3.05) is 32.0 Å². The third-order valence-corrected chi connectivity index (χ3v) is 6.76. The van der Waals surface area contributed by atoms with E-state index in [1.807, 2.05) is 49.4 Å². The molecule has 10 nitrogen and oxygen atoms in total. The van der Waals surface area contributed by atoms with E-state index in [-0.39, 0.29) is 5.91 Å².